The first-order chi connectivity index (χ1) is 6.34. The molecule has 0 amide bonds. The summed E-state index contributed by atoms with van der Waals surface area (Å²) in [7, 11) is 0. The van der Waals surface area contributed by atoms with Gasteiger partial charge in [-0.3, -0.25) is 4.99 Å². The summed E-state index contributed by atoms with van der Waals surface area (Å²) in [6.45, 7) is 3.21. The van der Waals surface area contributed by atoms with Gasteiger partial charge in [0.15, 0.2) is 0 Å². The summed E-state index contributed by atoms with van der Waals surface area (Å²) in [6, 6.07) is 0.445. The molecule has 0 saturated heterocycles. The van der Waals surface area contributed by atoms with E-state index < -0.39 is 0 Å². The largest absolute Gasteiger partial charge is 0.324 e. The van der Waals surface area contributed by atoms with E-state index in [1.54, 1.807) is 0 Å². The molecule has 0 aromatic rings. The molecule has 0 spiro atoms. The van der Waals surface area contributed by atoms with Gasteiger partial charge in [0.25, 0.3) is 0 Å². The number of fused-ring (bicyclic) bond motifs is 2. The van der Waals surface area contributed by atoms with Crippen LogP contribution in [-0.4, -0.2) is 23.3 Å². The molecular weight excluding hydrogens is 160 g/mol. The van der Waals surface area contributed by atoms with E-state index >= 15 is 0 Å². The third-order valence-corrected chi connectivity index (χ3v) is 2.74. The van der Waals surface area contributed by atoms with E-state index in [9.17, 15) is 0 Å². The topological polar surface area (TPSA) is 15.6 Å². The molecule has 1 aliphatic carbocycles. The number of hydrogen-bond donors (Lipinski definition) is 0. The number of rotatable bonds is 0. The first kappa shape index (κ1) is 7.13. The summed E-state index contributed by atoms with van der Waals surface area (Å²) in [5, 5.41) is 0. The molecule has 13 heavy (non-hydrogen) atoms. The Hall–Kier alpha value is -1.31. The predicted molar refractivity (Wildman–Crippen MR) is 53.5 cm³/mol. The SMILES string of the molecule is C[C@H]1CN2C(=N1)C=CC1=C2C=CC1. The van der Waals surface area contributed by atoms with Crippen molar-refractivity contribution in [2.24, 2.45) is 4.99 Å². The van der Waals surface area contributed by atoms with Crippen LogP contribution in [0, 0.1) is 0 Å². The summed E-state index contributed by atoms with van der Waals surface area (Å²) in [5.74, 6) is 1.14. The average molecular weight is 172 g/mol. The first-order valence-electron chi connectivity index (χ1n) is 4.78. The van der Waals surface area contributed by atoms with Gasteiger partial charge >= 0.3 is 0 Å². The normalized spacial score (nSPS) is 29.5. The highest BCUT2D eigenvalue weighted by atomic mass is 15.3. The van der Waals surface area contributed by atoms with Crippen LogP contribution in [0.15, 0.2) is 40.6 Å². The van der Waals surface area contributed by atoms with Crippen LogP contribution in [0.2, 0.25) is 0 Å². The highest BCUT2D eigenvalue weighted by Gasteiger charge is 2.27. The van der Waals surface area contributed by atoms with E-state index in [0.717, 1.165) is 18.8 Å². The van der Waals surface area contributed by atoms with Gasteiger partial charge in [-0.1, -0.05) is 12.2 Å². The zero-order valence-corrected chi connectivity index (χ0v) is 7.70. The maximum atomic E-state index is 4.56. The molecule has 0 N–H and O–H groups in total. The number of amidine groups is 1. The summed E-state index contributed by atoms with van der Waals surface area (Å²) in [4.78, 5) is 6.88. The fraction of sp³-hybridized carbons (Fsp3) is 0.364. The quantitative estimate of drug-likeness (QED) is 0.544. The molecule has 2 heteroatoms. The Bertz CT molecular complexity index is 372. The minimum absolute atomic E-state index is 0.445. The lowest BCUT2D eigenvalue weighted by Gasteiger charge is -2.23. The van der Waals surface area contributed by atoms with Crippen molar-refractivity contribution in [2.75, 3.05) is 6.54 Å². The Morgan fingerprint density at radius 1 is 1.38 bits per heavy atom. The molecule has 0 aromatic heterocycles. The highest BCUT2D eigenvalue weighted by molar-refractivity contribution is 5.98. The smallest absolute Gasteiger partial charge is 0.128 e. The van der Waals surface area contributed by atoms with E-state index in [-0.39, 0.29) is 0 Å². The van der Waals surface area contributed by atoms with Crippen molar-refractivity contribution in [3.63, 3.8) is 0 Å². The van der Waals surface area contributed by atoms with Gasteiger partial charge in [0.05, 0.1) is 6.04 Å². The molecule has 0 bridgehead atoms. The first-order valence-corrected chi connectivity index (χ1v) is 4.78. The van der Waals surface area contributed by atoms with Crippen molar-refractivity contribution in [1.82, 2.24) is 4.90 Å². The Labute approximate surface area is 78.0 Å². The van der Waals surface area contributed by atoms with Gasteiger partial charge in [-0.05, 0) is 31.1 Å². The summed E-state index contributed by atoms with van der Waals surface area (Å²) in [5.41, 5.74) is 2.80. The molecule has 2 nitrogen and oxygen atoms in total. The van der Waals surface area contributed by atoms with Gasteiger partial charge in [-0.25, -0.2) is 0 Å². The van der Waals surface area contributed by atoms with Crippen molar-refractivity contribution < 1.29 is 0 Å². The lowest BCUT2D eigenvalue weighted by molar-refractivity contribution is 0.529. The Balaban J connectivity index is 2.06. The number of hydrogen-bond acceptors (Lipinski definition) is 2. The van der Waals surface area contributed by atoms with E-state index in [0.29, 0.717) is 6.04 Å². The van der Waals surface area contributed by atoms with Crippen LogP contribution < -0.4 is 0 Å². The molecule has 3 rings (SSSR count). The van der Waals surface area contributed by atoms with Crippen LogP contribution in [-0.2, 0) is 0 Å². The molecular formula is C11H12N2. The van der Waals surface area contributed by atoms with Crippen LogP contribution in [0.4, 0.5) is 0 Å². The average Bonchev–Trinajstić information content (AvgIpc) is 2.65. The molecule has 2 heterocycles. The van der Waals surface area contributed by atoms with Crippen molar-refractivity contribution in [3.8, 4) is 0 Å². The standard InChI is InChI=1S/C11H12N2/c1-8-7-13-10-4-2-3-9(10)5-6-11(13)12-8/h2,4-6,8H,3,7H2,1H3/t8-/m0/s1. The third kappa shape index (κ3) is 0.916. The van der Waals surface area contributed by atoms with E-state index in [1.807, 2.05) is 0 Å². The molecule has 0 unspecified atom stereocenters. The summed E-state index contributed by atoms with van der Waals surface area (Å²) in [6.07, 6.45) is 9.86. The van der Waals surface area contributed by atoms with E-state index in [4.69, 9.17) is 0 Å². The highest BCUT2D eigenvalue weighted by Crippen LogP contribution is 2.30. The van der Waals surface area contributed by atoms with Gasteiger partial charge in [0, 0.05) is 12.2 Å². The maximum Gasteiger partial charge on any atom is 0.128 e. The number of aliphatic imine (C=N–C) groups is 1. The van der Waals surface area contributed by atoms with Crippen LogP contribution >= 0.6 is 0 Å². The second-order valence-corrected chi connectivity index (χ2v) is 3.80. The zero-order valence-electron chi connectivity index (χ0n) is 7.70. The molecule has 0 radical (unpaired) electrons. The molecule has 0 aromatic carbocycles. The predicted octanol–water partition coefficient (Wildman–Crippen LogP) is 1.87. The van der Waals surface area contributed by atoms with Gasteiger partial charge in [0.1, 0.15) is 5.84 Å². The Kier molecular flexibility index (Phi) is 1.29. The van der Waals surface area contributed by atoms with Crippen LogP contribution in [0.5, 0.6) is 0 Å². The fourth-order valence-electron chi connectivity index (χ4n) is 2.15. The Morgan fingerprint density at radius 2 is 2.31 bits per heavy atom. The summed E-state index contributed by atoms with van der Waals surface area (Å²) < 4.78 is 0. The van der Waals surface area contributed by atoms with Crippen molar-refractivity contribution in [3.05, 3.63) is 35.6 Å². The third-order valence-electron chi connectivity index (χ3n) is 2.74. The van der Waals surface area contributed by atoms with Crippen molar-refractivity contribution in [1.29, 1.82) is 0 Å². The molecule has 1 atom stereocenters. The minimum atomic E-state index is 0.445. The van der Waals surface area contributed by atoms with E-state index in [1.165, 1.54) is 11.3 Å². The van der Waals surface area contributed by atoms with E-state index in [2.05, 4.69) is 41.1 Å². The summed E-state index contributed by atoms with van der Waals surface area (Å²) >= 11 is 0. The van der Waals surface area contributed by atoms with Crippen molar-refractivity contribution >= 4 is 5.84 Å². The van der Waals surface area contributed by atoms with Crippen LogP contribution in [0.3, 0.4) is 0 Å². The maximum absolute atomic E-state index is 4.56. The Morgan fingerprint density at radius 3 is 3.23 bits per heavy atom. The molecule has 0 saturated carbocycles. The lowest BCUT2D eigenvalue weighted by atomic mass is 10.1. The minimum Gasteiger partial charge on any atom is -0.324 e. The van der Waals surface area contributed by atoms with Gasteiger partial charge in [0.2, 0.25) is 0 Å². The van der Waals surface area contributed by atoms with Crippen molar-refractivity contribution in [2.45, 2.75) is 19.4 Å². The van der Waals surface area contributed by atoms with Gasteiger partial charge in [-0.2, -0.15) is 0 Å². The van der Waals surface area contributed by atoms with Crippen LogP contribution in [0.25, 0.3) is 0 Å². The van der Waals surface area contributed by atoms with Gasteiger partial charge < -0.3 is 4.90 Å². The number of allylic oxidation sites excluding steroid dienone is 4. The van der Waals surface area contributed by atoms with Gasteiger partial charge in [-0.15, -0.1) is 0 Å². The monoisotopic (exact) mass is 172 g/mol. The lowest BCUT2D eigenvalue weighted by Crippen LogP contribution is -2.28. The molecule has 66 valence electrons. The second-order valence-electron chi connectivity index (χ2n) is 3.80. The number of nitrogens with zero attached hydrogens (tertiary/aromatic N) is 2. The zero-order chi connectivity index (χ0) is 8.84. The van der Waals surface area contributed by atoms with Crippen LogP contribution in [0.1, 0.15) is 13.3 Å². The molecule has 3 aliphatic rings. The molecule has 0 fully saturated rings. The second kappa shape index (κ2) is 2.34. The molecule has 2 aliphatic heterocycles. The fourth-order valence-corrected chi connectivity index (χ4v) is 2.15.